The summed E-state index contributed by atoms with van der Waals surface area (Å²) in [7, 11) is 0. The van der Waals surface area contributed by atoms with E-state index in [1.807, 2.05) is 145 Å². The van der Waals surface area contributed by atoms with Gasteiger partial charge in [0.25, 0.3) is 0 Å². The average molecular weight is 790 g/mol. The molecule has 1 N–H and O–H groups in total. The first-order chi connectivity index (χ1) is 29.3. The molecule has 7 aromatic carbocycles. The number of rotatable bonds is 8. The smallest absolute Gasteiger partial charge is 0.373 e. The summed E-state index contributed by atoms with van der Waals surface area (Å²) in [6.45, 7) is 1.92. The molecule has 2 aromatic heterocycles. The molecule has 292 valence electrons. The zero-order valence-corrected chi connectivity index (χ0v) is 32.3. The van der Waals surface area contributed by atoms with Gasteiger partial charge < -0.3 is 5.11 Å². The number of hydrogen-bond acceptors (Lipinski definition) is 6. The summed E-state index contributed by atoms with van der Waals surface area (Å²) in [4.78, 5) is 37.2. The lowest BCUT2D eigenvalue weighted by Crippen LogP contribution is -1.98. The zero-order valence-electron chi connectivity index (χ0n) is 32.3. The summed E-state index contributed by atoms with van der Waals surface area (Å²) in [5, 5.41) is 13.9. The molecule has 9 aromatic rings. The third-order valence-electron chi connectivity index (χ3n) is 9.45. The summed E-state index contributed by atoms with van der Waals surface area (Å²) >= 11 is 0. The Kier molecular flexibility index (Phi) is 12.5. The maximum Gasteiger partial charge on any atom is 0.373 e. The molecule has 0 saturated carbocycles. The van der Waals surface area contributed by atoms with Crippen molar-refractivity contribution in [3.8, 4) is 67.7 Å². The van der Waals surface area contributed by atoms with Gasteiger partial charge in [-0.05, 0) is 78.2 Å². The summed E-state index contributed by atoms with van der Waals surface area (Å²) in [5.74, 6) is 1.12. The fourth-order valence-electron chi connectivity index (χ4n) is 6.63. The Labute approximate surface area is 345 Å². The van der Waals surface area contributed by atoms with Crippen molar-refractivity contribution >= 4 is 12.1 Å². The van der Waals surface area contributed by atoms with Gasteiger partial charge in [0.05, 0.1) is 16.9 Å². The van der Waals surface area contributed by atoms with E-state index in [2.05, 4.69) is 38.9 Å². The number of nitrogens with zero attached hydrogens (tertiary/aromatic N) is 5. The number of carbonyl (C=O) groups is 1. The van der Waals surface area contributed by atoms with Gasteiger partial charge in [0.1, 0.15) is 17.5 Å². The van der Waals surface area contributed by atoms with Gasteiger partial charge in [0, 0.05) is 34.1 Å². The van der Waals surface area contributed by atoms with Gasteiger partial charge in [-0.1, -0.05) is 133 Å². The van der Waals surface area contributed by atoms with Crippen molar-refractivity contribution in [3.63, 3.8) is 0 Å². The number of para-hydroxylation sites is 2. The minimum Gasteiger partial charge on any atom is -0.478 e. The third-order valence-corrected chi connectivity index (χ3v) is 9.45. The third kappa shape index (κ3) is 9.27. The molecule has 0 aliphatic carbocycles. The maximum absolute atomic E-state index is 14.1. The standard InChI is InChI=1S/C28H20N2O2.C21H16FN3.CO2/c31-28(32)24-14-8-12-22(18-24)21-11-7-13-23(17-21)26-19-30(25-15-5-2-6-16-25)27(29-26)20-9-3-1-4-10-20;1-15-23-21(24-25(15)18-10-3-2-4-11-18)17-9-7-8-16(14-17)19-12-5-6-13-20(19)22;2-1-3/h1-19H,(H,31,32);2-14H,1H3;. The Hall–Kier alpha value is -8.33. The van der Waals surface area contributed by atoms with Crippen molar-refractivity contribution in [1.82, 2.24) is 24.3 Å². The number of carbonyl (C=O) groups excluding carboxylic acids is 2. The topological polar surface area (TPSA) is 120 Å². The highest BCUT2D eigenvalue weighted by Gasteiger charge is 2.15. The van der Waals surface area contributed by atoms with Crippen LogP contribution in [-0.4, -0.2) is 41.5 Å². The summed E-state index contributed by atoms with van der Waals surface area (Å²) < 4.78 is 18.0. The fourth-order valence-corrected chi connectivity index (χ4v) is 6.63. The van der Waals surface area contributed by atoms with Crippen molar-refractivity contribution in [2.45, 2.75) is 6.92 Å². The Balaban J connectivity index is 0.000000175. The van der Waals surface area contributed by atoms with E-state index in [-0.39, 0.29) is 17.5 Å². The number of aromatic nitrogens is 5. The van der Waals surface area contributed by atoms with Gasteiger partial charge in [-0.15, -0.1) is 5.10 Å². The Morgan fingerprint density at radius 2 is 1.08 bits per heavy atom. The van der Waals surface area contributed by atoms with Crippen LogP contribution < -0.4 is 0 Å². The van der Waals surface area contributed by atoms with Crippen LogP contribution in [0.4, 0.5) is 4.39 Å². The summed E-state index contributed by atoms with van der Waals surface area (Å²) in [6.07, 6.45) is 2.30. The number of halogens is 1. The first-order valence-electron chi connectivity index (χ1n) is 18.8. The molecule has 0 aliphatic rings. The SMILES string of the molecule is Cc1nc(-c2cccc(-c3ccccc3F)c2)nn1-c1ccccc1.O=C(O)c1cccc(-c2cccc(-c3cn(-c4ccccc4)c(-c4ccccc4)n3)c2)c1.O=C=O. The molecule has 2 heterocycles. The fraction of sp³-hybridized carbons (Fsp3) is 0.0200. The predicted molar refractivity (Wildman–Crippen MR) is 229 cm³/mol. The van der Waals surface area contributed by atoms with E-state index in [4.69, 9.17) is 14.6 Å². The summed E-state index contributed by atoms with van der Waals surface area (Å²) in [6, 6.07) is 59.6. The lowest BCUT2D eigenvalue weighted by molar-refractivity contribution is -0.191. The molecule has 60 heavy (non-hydrogen) atoms. The molecule has 0 aliphatic heterocycles. The van der Waals surface area contributed by atoms with Crippen LogP contribution in [0.15, 0.2) is 194 Å². The second-order valence-corrected chi connectivity index (χ2v) is 13.4. The molecule has 0 saturated heterocycles. The minimum absolute atomic E-state index is 0.237. The van der Waals surface area contributed by atoms with Crippen molar-refractivity contribution in [1.29, 1.82) is 0 Å². The van der Waals surface area contributed by atoms with E-state index in [0.717, 1.165) is 62.1 Å². The Morgan fingerprint density at radius 3 is 1.75 bits per heavy atom. The number of imidazole rings is 1. The van der Waals surface area contributed by atoms with Crippen LogP contribution in [0.25, 0.3) is 67.7 Å². The van der Waals surface area contributed by atoms with Gasteiger partial charge in [-0.3, -0.25) is 4.57 Å². The van der Waals surface area contributed by atoms with Crippen LogP contribution in [0.2, 0.25) is 0 Å². The lowest BCUT2D eigenvalue weighted by Gasteiger charge is -2.07. The number of carboxylic acid groups (broad SMARTS) is 1. The van der Waals surface area contributed by atoms with E-state index in [9.17, 15) is 14.3 Å². The van der Waals surface area contributed by atoms with E-state index in [1.165, 1.54) is 6.07 Å². The molecular weight excluding hydrogens is 754 g/mol. The predicted octanol–water partition coefficient (Wildman–Crippen LogP) is 11.0. The maximum atomic E-state index is 14.1. The molecule has 0 radical (unpaired) electrons. The summed E-state index contributed by atoms with van der Waals surface area (Å²) in [5.41, 5.74) is 9.17. The Morgan fingerprint density at radius 1 is 0.567 bits per heavy atom. The molecular formula is C50H36FN5O4. The van der Waals surface area contributed by atoms with Crippen LogP contribution in [-0.2, 0) is 9.59 Å². The number of benzene rings is 7. The number of aromatic carboxylic acids is 1. The van der Waals surface area contributed by atoms with Crippen molar-refractivity contribution < 1.29 is 23.9 Å². The van der Waals surface area contributed by atoms with Crippen molar-refractivity contribution in [2.75, 3.05) is 0 Å². The van der Waals surface area contributed by atoms with Gasteiger partial charge >= 0.3 is 12.1 Å². The van der Waals surface area contributed by atoms with Crippen LogP contribution in [0.5, 0.6) is 0 Å². The quantitative estimate of drug-likeness (QED) is 0.163. The largest absolute Gasteiger partial charge is 0.478 e. The van der Waals surface area contributed by atoms with E-state index >= 15 is 0 Å². The van der Waals surface area contributed by atoms with Crippen LogP contribution in [0.1, 0.15) is 16.2 Å². The minimum atomic E-state index is -0.933. The highest BCUT2D eigenvalue weighted by Crippen LogP contribution is 2.31. The average Bonchev–Trinajstić information content (AvgIpc) is 3.93. The molecule has 0 unspecified atom stereocenters. The molecule has 0 amide bonds. The van der Waals surface area contributed by atoms with Crippen LogP contribution >= 0.6 is 0 Å². The van der Waals surface area contributed by atoms with E-state index in [0.29, 0.717) is 11.4 Å². The zero-order chi connectivity index (χ0) is 41.8. The highest BCUT2D eigenvalue weighted by molar-refractivity contribution is 5.89. The first kappa shape index (κ1) is 39.9. The van der Waals surface area contributed by atoms with Crippen LogP contribution in [0, 0.1) is 12.7 Å². The second kappa shape index (κ2) is 18.7. The van der Waals surface area contributed by atoms with E-state index in [1.54, 1.807) is 30.3 Å². The van der Waals surface area contributed by atoms with Crippen LogP contribution in [0.3, 0.4) is 0 Å². The van der Waals surface area contributed by atoms with Gasteiger partial charge in [0.2, 0.25) is 0 Å². The Bertz CT molecular complexity index is 2850. The monoisotopic (exact) mass is 789 g/mol. The molecule has 0 bridgehead atoms. The van der Waals surface area contributed by atoms with E-state index < -0.39 is 5.97 Å². The first-order valence-corrected chi connectivity index (χ1v) is 18.8. The molecule has 0 spiro atoms. The van der Waals surface area contributed by atoms with Gasteiger partial charge in [0.15, 0.2) is 5.82 Å². The van der Waals surface area contributed by atoms with Gasteiger partial charge in [-0.25, -0.2) is 23.8 Å². The second-order valence-electron chi connectivity index (χ2n) is 13.4. The highest BCUT2D eigenvalue weighted by atomic mass is 19.1. The normalized spacial score (nSPS) is 10.4. The molecule has 0 atom stereocenters. The molecule has 10 heteroatoms. The molecule has 0 fully saturated rings. The van der Waals surface area contributed by atoms with Gasteiger partial charge in [-0.2, -0.15) is 9.59 Å². The molecule has 9 rings (SSSR count). The number of carboxylic acids is 1. The number of aryl methyl sites for hydroxylation is 1. The van der Waals surface area contributed by atoms with Crippen molar-refractivity contribution in [2.24, 2.45) is 0 Å². The van der Waals surface area contributed by atoms with Crippen molar-refractivity contribution in [3.05, 3.63) is 211 Å². The number of hydrogen-bond donors (Lipinski definition) is 1. The molecule has 9 nitrogen and oxygen atoms in total. The lowest BCUT2D eigenvalue weighted by atomic mass is 10.0.